The van der Waals surface area contributed by atoms with E-state index in [4.69, 9.17) is 0 Å². The molecule has 14 heavy (non-hydrogen) atoms. The van der Waals surface area contributed by atoms with Crippen molar-refractivity contribution in [1.82, 2.24) is 4.98 Å². The lowest BCUT2D eigenvalue weighted by Crippen LogP contribution is -2.01. The van der Waals surface area contributed by atoms with E-state index in [1.165, 1.54) is 7.11 Å². The number of rotatable bonds is 3. The Labute approximate surface area is 78.5 Å². The summed E-state index contributed by atoms with van der Waals surface area (Å²) in [5.41, 5.74) is -0.942. The van der Waals surface area contributed by atoms with Gasteiger partial charge in [-0.3, -0.25) is 0 Å². The molecule has 1 aromatic rings. The number of nitrogens with zero attached hydrogens (tertiary/aromatic N) is 1. The van der Waals surface area contributed by atoms with Crippen molar-refractivity contribution in [2.24, 2.45) is 0 Å². The minimum atomic E-state index is -2.98. The molecule has 0 radical (unpaired) electrons. The van der Waals surface area contributed by atoms with Crippen molar-refractivity contribution in [3.8, 4) is 11.5 Å². The highest BCUT2D eigenvalue weighted by Gasteiger charge is 2.22. The van der Waals surface area contributed by atoms with Gasteiger partial charge in [-0.15, -0.1) is 0 Å². The predicted molar refractivity (Wildman–Crippen MR) is 42.3 cm³/mol. The molecule has 0 aliphatic heterocycles. The van der Waals surface area contributed by atoms with Crippen LogP contribution in [0.15, 0.2) is 6.20 Å². The third kappa shape index (κ3) is 1.73. The van der Waals surface area contributed by atoms with Crippen molar-refractivity contribution in [1.29, 1.82) is 0 Å². The van der Waals surface area contributed by atoms with E-state index in [0.29, 0.717) is 0 Å². The molecule has 0 N–H and O–H groups in total. The number of aromatic nitrogens is 1. The zero-order valence-electron chi connectivity index (χ0n) is 7.55. The Morgan fingerprint density at radius 2 is 1.93 bits per heavy atom. The first-order valence-electron chi connectivity index (χ1n) is 3.66. The van der Waals surface area contributed by atoms with Crippen LogP contribution in [0.25, 0.3) is 0 Å². The second-order valence-corrected chi connectivity index (χ2v) is 2.36. The smallest absolute Gasteiger partial charge is 0.283 e. The Morgan fingerprint density at radius 1 is 1.29 bits per heavy atom. The molecule has 0 saturated carbocycles. The van der Waals surface area contributed by atoms with Crippen molar-refractivity contribution in [3.63, 3.8) is 0 Å². The lowest BCUT2D eigenvalue weighted by atomic mass is 10.3. The van der Waals surface area contributed by atoms with Gasteiger partial charge in [0.1, 0.15) is 5.69 Å². The molecule has 0 amide bonds. The maximum atomic E-state index is 13.2. The van der Waals surface area contributed by atoms with Crippen molar-refractivity contribution in [3.05, 3.63) is 17.7 Å². The van der Waals surface area contributed by atoms with Gasteiger partial charge in [0, 0.05) is 0 Å². The normalized spacial score (nSPS) is 10.4. The SMILES string of the molecule is COc1cnc(C(F)F)c(F)c1OC. The van der Waals surface area contributed by atoms with E-state index in [2.05, 4.69) is 14.5 Å². The zero-order valence-corrected chi connectivity index (χ0v) is 7.55. The fraction of sp³-hybridized carbons (Fsp3) is 0.375. The molecule has 3 nitrogen and oxygen atoms in total. The quantitative estimate of drug-likeness (QED) is 0.761. The highest BCUT2D eigenvalue weighted by Crippen LogP contribution is 2.33. The third-order valence-electron chi connectivity index (χ3n) is 1.60. The highest BCUT2D eigenvalue weighted by atomic mass is 19.3. The van der Waals surface area contributed by atoms with Crippen LogP contribution >= 0.6 is 0 Å². The maximum absolute atomic E-state index is 13.2. The summed E-state index contributed by atoms with van der Waals surface area (Å²) in [5, 5.41) is 0. The van der Waals surface area contributed by atoms with Crippen LogP contribution in [0.2, 0.25) is 0 Å². The molecule has 0 spiro atoms. The number of methoxy groups -OCH3 is 2. The molecule has 0 saturated heterocycles. The molecule has 0 aromatic carbocycles. The minimum absolute atomic E-state index is 0.0191. The largest absolute Gasteiger partial charge is 0.491 e. The summed E-state index contributed by atoms with van der Waals surface area (Å²) in [6, 6.07) is 0. The Hall–Kier alpha value is -1.46. The Balaban J connectivity index is 3.27. The number of alkyl halides is 2. The van der Waals surface area contributed by atoms with Gasteiger partial charge in [-0.05, 0) is 0 Å². The van der Waals surface area contributed by atoms with Gasteiger partial charge in [0.2, 0.25) is 5.75 Å². The van der Waals surface area contributed by atoms with Crippen LogP contribution in [0.5, 0.6) is 11.5 Å². The van der Waals surface area contributed by atoms with E-state index in [9.17, 15) is 13.2 Å². The monoisotopic (exact) mass is 207 g/mol. The van der Waals surface area contributed by atoms with Crippen molar-refractivity contribution >= 4 is 0 Å². The average Bonchev–Trinajstić information content (AvgIpc) is 2.16. The molecule has 6 heteroatoms. The topological polar surface area (TPSA) is 31.4 Å². The number of ether oxygens (including phenoxy) is 2. The van der Waals surface area contributed by atoms with Crippen molar-refractivity contribution in [2.75, 3.05) is 14.2 Å². The van der Waals surface area contributed by atoms with Crippen LogP contribution in [0.4, 0.5) is 13.2 Å². The van der Waals surface area contributed by atoms with E-state index in [-0.39, 0.29) is 11.5 Å². The van der Waals surface area contributed by atoms with Gasteiger partial charge >= 0.3 is 0 Å². The van der Waals surface area contributed by atoms with Crippen LogP contribution in [-0.2, 0) is 0 Å². The molecule has 78 valence electrons. The molecule has 0 atom stereocenters. The molecule has 1 aromatic heterocycles. The fourth-order valence-corrected chi connectivity index (χ4v) is 0.956. The maximum Gasteiger partial charge on any atom is 0.283 e. The molecule has 1 rings (SSSR count). The van der Waals surface area contributed by atoms with Crippen LogP contribution in [0.1, 0.15) is 12.1 Å². The van der Waals surface area contributed by atoms with Gasteiger partial charge in [0.25, 0.3) is 6.43 Å². The molecule has 0 bridgehead atoms. The summed E-state index contributed by atoms with van der Waals surface area (Å²) in [4.78, 5) is 3.23. The summed E-state index contributed by atoms with van der Waals surface area (Å²) in [5.74, 6) is -1.57. The van der Waals surface area contributed by atoms with Crippen LogP contribution < -0.4 is 9.47 Å². The molecular weight excluding hydrogens is 199 g/mol. The number of pyridine rings is 1. The Morgan fingerprint density at radius 3 is 2.36 bits per heavy atom. The minimum Gasteiger partial charge on any atom is -0.491 e. The van der Waals surface area contributed by atoms with Gasteiger partial charge in [-0.25, -0.2) is 18.2 Å². The third-order valence-corrected chi connectivity index (χ3v) is 1.60. The van der Waals surface area contributed by atoms with Gasteiger partial charge in [-0.2, -0.15) is 0 Å². The summed E-state index contributed by atoms with van der Waals surface area (Å²) >= 11 is 0. The zero-order chi connectivity index (χ0) is 10.7. The lowest BCUT2D eigenvalue weighted by Gasteiger charge is -2.09. The Bertz CT molecular complexity index is 331. The van der Waals surface area contributed by atoms with E-state index < -0.39 is 17.9 Å². The van der Waals surface area contributed by atoms with E-state index >= 15 is 0 Å². The van der Waals surface area contributed by atoms with E-state index in [1.54, 1.807) is 0 Å². The second kappa shape index (κ2) is 4.17. The van der Waals surface area contributed by atoms with Gasteiger partial charge in [0.05, 0.1) is 20.4 Å². The molecular formula is C8H8F3NO2. The summed E-state index contributed by atoms with van der Waals surface area (Å²) < 4.78 is 46.8. The fourth-order valence-electron chi connectivity index (χ4n) is 0.956. The van der Waals surface area contributed by atoms with E-state index in [1.807, 2.05) is 0 Å². The second-order valence-electron chi connectivity index (χ2n) is 2.36. The van der Waals surface area contributed by atoms with Gasteiger partial charge in [0.15, 0.2) is 11.6 Å². The van der Waals surface area contributed by atoms with Crippen molar-refractivity contribution in [2.45, 2.75) is 6.43 Å². The van der Waals surface area contributed by atoms with Crippen LogP contribution in [-0.4, -0.2) is 19.2 Å². The number of halogens is 3. The van der Waals surface area contributed by atoms with Crippen LogP contribution in [0.3, 0.4) is 0 Å². The van der Waals surface area contributed by atoms with Gasteiger partial charge < -0.3 is 9.47 Å². The van der Waals surface area contributed by atoms with Crippen molar-refractivity contribution < 1.29 is 22.6 Å². The molecule has 0 unspecified atom stereocenters. The van der Waals surface area contributed by atoms with E-state index in [0.717, 1.165) is 13.3 Å². The summed E-state index contributed by atoms with van der Waals surface area (Å²) in [6.07, 6.45) is -1.99. The molecule has 1 heterocycles. The average molecular weight is 207 g/mol. The molecule has 0 fully saturated rings. The number of hydrogen-bond donors (Lipinski definition) is 0. The summed E-state index contributed by atoms with van der Waals surface area (Å²) in [6.45, 7) is 0. The molecule has 0 aliphatic carbocycles. The standard InChI is InChI=1S/C8H8F3NO2/c1-13-4-3-12-6(8(10)11)5(9)7(4)14-2/h3,8H,1-2H3. The van der Waals surface area contributed by atoms with Gasteiger partial charge in [-0.1, -0.05) is 0 Å². The first-order chi connectivity index (χ1) is 6.61. The Kier molecular flexibility index (Phi) is 3.16. The highest BCUT2D eigenvalue weighted by molar-refractivity contribution is 5.40. The number of hydrogen-bond acceptors (Lipinski definition) is 3. The first-order valence-corrected chi connectivity index (χ1v) is 3.66. The molecule has 0 aliphatic rings. The lowest BCUT2D eigenvalue weighted by molar-refractivity contribution is 0.139. The first kappa shape index (κ1) is 10.6. The van der Waals surface area contributed by atoms with Crippen LogP contribution in [0, 0.1) is 5.82 Å². The summed E-state index contributed by atoms with van der Waals surface area (Å²) in [7, 11) is 2.43. The predicted octanol–water partition coefficient (Wildman–Crippen LogP) is 2.18.